The maximum Gasteiger partial charge on any atom is 0.252 e. The number of nitrogens with zero attached hydrogens (tertiary/aromatic N) is 1. The molecule has 0 atom stereocenters. The zero-order chi connectivity index (χ0) is 13.7. The smallest absolute Gasteiger partial charge is 0.252 e. The summed E-state index contributed by atoms with van der Waals surface area (Å²) in [4.78, 5) is 16.5. The molecule has 1 aliphatic heterocycles. The molecule has 0 aromatic carbocycles. The van der Waals surface area contributed by atoms with Gasteiger partial charge in [-0.3, -0.25) is 15.1 Å². The van der Waals surface area contributed by atoms with Crippen LogP contribution in [0.5, 0.6) is 0 Å². The SMILES string of the molecule is CCCC1CCC2(CC1)NC(=NCCOC)NC2=O. The Kier molecular flexibility index (Phi) is 4.80. The van der Waals surface area contributed by atoms with Crippen molar-refractivity contribution < 1.29 is 9.53 Å². The molecule has 1 saturated carbocycles. The van der Waals surface area contributed by atoms with E-state index in [0.29, 0.717) is 19.1 Å². The van der Waals surface area contributed by atoms with Gasteiger partial charge in [-0.15, -0.1) is 0 Å². The van der Waals surface area contributed by atoms with Crippen molar-refractivity contribution in [2.45, 2.75) is 51.0 Å². The van der Waals surface area contributed by atoms with E-state index in [4.69, 9.17) is 4.74 Å². The zero-order valence-electron chi connectivity index (χ0n) is 12.0. The average Bonchev–Trinajstić information content (AvgIpc) is 2.70. The third-order valence-corrected chi connectivity index (χ3v) is 4.25. The number of methoxy groups -OCH3 is 1. The molecule has 2 fully saturated rings. The van der Waals surface area contributed by atoms with E-state index in [2.05, 4.69) is 22.5 Å². The molecule has 1 spiro atoms. The summed E-state index contributed by atoms with van der Waals surface area (Å²) in [5.41, 5.74) is -0.393. The topological polar surface area (TPSA) is 62.7 Å². The van der Waals surface area contributed by atoms with Gasteiger partial charge in [0.05, 0.1) is 13.2 Å². The Morgan fingerprint density at radius 1 is 1.42 bits per heavy atom. The highest BCUT2D eigenvalue weighted by Gasteiger charge is 2.46. The molecule has 0 aromatic rings. The highest BCUT2D eigenvalue weighted by atomic mass is 16.5. The van der Waals surface area contributed by atoms with Gasteiger partial charge in [0, 0.05) is 7.11 Å². The lowest BCUT2D eigenvalue weighted by Gasteiger charge is -2.34. The van der Waals surface area contributed by atoms with Gasteiger partial charge >= 0.3 is 0 Å². The minimum absolute atomic E-state index is 0.0959. The first-order valence-corrected chi connectivity index (χ1v) is 7.33. The van der Waals surface area contributed by atoms with Crippen molar-refractivity contribution in [2.75, 3.05) is 20.3 Å². The number of carbonyl (C=O) groups is 1. The largest absolute Gasteiger partial charge is 0.383 e. The van der Waals surface area contributed by atoms with E-state index in [1.165, 1.54) is 12.8 Å². The normalized spacial score (nSPS) is 32.6. The third-order valence-electron chi connectivity index (χ3n) is 4.25. The minimum atomic E-state index is -0.393. The summed E-state index contributed by atoms with van der Waals surface area (Å²) in [5.74, 6) is 1.51. The van der Waals surface area contributed by atoms with Crippen molar-refractivity contribution in [3.63, 3.8) is 0 Å². The molecule has 0 bridgehead atoms. The molecule has 2 N–H and O–H groups in total. The van der Waals surface area contributed by atoms with Gasteiger partial charge in [0.25, 0.3) is 5.91 Å². The van der Waals surface area contributed by atoms with Crippen LogP contribution in [0.3, 0.4) is 0 Å². The van der Waals surface area contributed by atoms with E-state index < -0.39 is 5.54 Å². The maximum atomic E-state index is 12.2. The average molecular weight is 267 g/mol. The molecule has 5 heteroatoms. The van der Waals surface area contributed by atoms with Crippen molar-refractivity contribution in [3.8, 4) is 0 Å². The monoisotopic (exact) mass is 267 g/mol. The van der Waals surface area contributed by atoms with Gasteiger partial charge in [-0.05, 0) is 31.6 Å². The number of rotatable bonds is 5. The Morgan fingerprint density at radius 2 is 2.16 bits per heavy atom. The molecule has 1 aliphatic carbocycles. The summed E-state index contributed by atoms with van der Waals surface area (Å²) in [7, 11) is 1.65. The Labute approximate surface area is 115 Å². The number of nitrogens with one attached hydrogen (secondary N) is 2. The van der Waals surface area contributed by atoms with Crippen molar-refractivity contribution in [3.05, 3.63) is 0 Å². The fraction of sp³-hybridized carbons (Fsp3) is 0.857. The lowest BCUT2D eigenvalue weighted by atomic mass is 9.75. The molecule has 0 unspecified atom stereocenters. The van der Waals surface area contributed by atoms with Gasteiger partial charge < -0.3 is 10.1 Å². The van der Waals surface area contributed by atoms with Crippen LogP contribution in [-0.4, -0.2) is 37.7 Å². The standard InChI is InChI=1S/C14H25N3O2/c1-3-4-11-5-7-14(8-6-11)12(18)16-13(17-14)15-9-10-19-2/h11H,3-10H2,1-2H3,(H2,15,16,17,18). The summed E-state index contributed by atoms with van der Waals surface area (Å²) in [5, 5.41) is 6.18. The first-order chi connectivity index (χ1) is 9.20. The van der Waals surface area contributed by atoms with Crippen LogP contribution in [0.25, 0.3) is 0 Å². The number of carbonyl (C=O) groups excluding carboxylic acids is 1. The third kappa shape index (κ3) is 3.26. The molecular weight excluding hydrogens is 242 g/mol. The Hall–Kier alpha value is -1.10. The van der Waals surface area contributed by atoms with Crippen LogP contribution in [0.1, 0.15) is 45.4 Å². The number of hydrogen-bond donors (Lipinski definition) is 2. The fourth-order valence-corrected chi connectivity index (χ4v) is 3.09. The lowest BCUT2D eigenvalue weighted by Crippen LogP contribution is -2.49. The van der Waals surface area contributed by atoms with Crippen molar-refractivity contribution in [2.24, 2.45) is 10.9 Å². The minimum Gasteiger partial charge on any atom is -0.383 e. The first kappa shape index (κ1) is 14.3. The summed E-state index contributed by atoms with van der Waals surface area (Å²) >= 11 is 0. The van der Waals surface area contributed by atoms with Crippen molar-refractivity contribution in [1.29, 1.82) is 0 Å². The highest BCUT2D eigenvalue weighted by molar-refractivity contribution is 6.09. The van der Waals surface area contributed by atoms with E-state index in [9.17, 15) is 4.79 Å². The second kappa shape index (κ2) is 6.37. The van der Waals surface area contributed by atoms with Gasteiger partial charge in [-0.2, -0.15) is 0 Å². The Balaban J connectivity index is 1.91. The van der Waals surface area contributed by atoms with Gasteiger partial charge in [0.15, 0.2) is 5.96 Å². The molecule has 1 heterocycles. The number of ether oxygens (including phenoxy) is 1. The van der Waals surface area contributed by atoms with Crippen molar-refractivity contribution in [1.82, 2.24) is 10.6 Å². The van der Waals surface area contributed by atoms with E-state index in [-0.39, 0.29) is 5.91 Å². The second-order valence-corrected chi connectivity index (χ2v) is 5.62. The van der Waals surface area contributed by atoms with Gasteiger partial charge in [0.1, 0.15) is 5.54 Å². The molecule has 108 valence electrons. The lowest BCUT2D eigenvalue weighted by molar-refractivity contribution is -0.125. The molecule has 1 saturated heterocycles. The van der Waals surface area contributed by atoms with Crippen LogP contribution in [-0.2, 0) is 9.53 Å². The Bertz CT molecular complexity index is 347. The molecule has 0 aromatic heterocycles. The van der Waals surface area contributed by atoms with Crippen LogP contribution >= 0.6 is 0 Å². The zero-order valence-corrected chi connectivity index (χ0v) is 12.0. The summed E-state index contributed by atoms with van der Waals surface area (Å²) < 4.78 is 4.96. The number of amides is 1. The second-order valence-electron chi connectivity index (χ2n) is 5.62. The van der Waals surface area contributed by atoms with Crippen LogP contribution in [0.2, 0.25) is 0 Å². The molecule has 2 rings (SSSR count). The summed E-state index contributed by atoms with van der Waals surface area (Å²) in [6.07, 6.45) is 6.65. The van der Waals surface area contributed by atoms with Crippen LogP contribution in [0.15, 0.2) is 4.99 Å². The van der Waals surface area contributed by atoms with Gasteiger partial charge in [0.2, 0.25) is 0 Å². The van der Waals surface area contributed by atoms with Crippen LogP contribution in [0, 0.1) is 5.92 Å². The molecule has 0 radical (unpaired) electrons. The molecular formula is C14H25N3O2. The fourth-order valence-electron chi connectivity index (χ4n) is 3.09. The number of hydrogen-bond acceptors (Lipinski definition) is 3. The maximum absolute atomic E-state index is 12.2. The number of aliphatic imine (C=N–C) groups is 1. The first-order valence-electron chi connectivity index (χ1n) is 7.33. The van der Waals surface area contributed by atoms with E-state index >= 15 is 0 Å². The predicted octanol–water partition coefficient (Wildman–Crippen LogP) is 1.44. The Morgan fingerprint density at radius 3 is 2.79 bits per heavy atom. The quantitative estimate of drug-likeness (QED) is 0.741. The molecule has 1 amide bonds. The highest BCUT2D eigenvalue weighted by Crippen LogP contribution is 2.35. The van der Waals surface area contributed by atoms with E-state index in [0.717, 1.165) is 31.6 Å². The van der Waals surface area contributed by atoms with Gasteiger partial charge in [-0.25, -0.2) is 0 Å². The van der Waals surface area contributed by atoms with Crippen LogP contribution in [0.4, 0.5) is 0 Å². The van der Waals surface area contributed by atoms with Crippen molar-refractivity contribution >= 4 is 11.9 Å². The van der Waals surface area contributed by atoms with E-state index in [1.54, 1.807) is 7.11 Å². The molecule has 5 nitrogen and oxygen atoms in total. The van der Waals surface area contributed by atoms with Crippen LogP contribution < -0.4 is 10.6 Å². The van der Waals surface area contributed by atoms with Gasteiger partial charge in [-0.1, -0.05) is 19.8 Å². The number of guanidine groups is 1. The predicted molar refractivity (Wildman–Crippen MR) is 75.1 cm³/mol. The van der Waals surface area contributed by atoms with E-state index in [1.807, 2.05) is 0 Å². The molecule has 2 aliphatic rings. The molecule has 19 heavy (non-hydrogen) atoms. The summed E-state index contributed by atoms with van der Waals surface area (Å²) in [6, 6.07) is 0. The summed E-state index contributed by atoms with van der Waals surface area (Å²) in [6.45, 7) is 3.38.